The fourth-order valence-electron chi connectivity index (χ4n) is 5.50. The van der Waals surface area contributed by atoms with Crippen LogP contribution in [0.5, 0.6) is 5.75 Å². The highest BCUT2D eigenvalue weighted by molar-refractivity contribution is 6.03. The molecule has 3 N–H and O–H groups in total. The highest BCUT2D eigenvalue weighted by Crippen LogP contribution is 2.38. The van der Waals surface area contributed by atoms with Crippen molar-refractivity contribution in [3.05, 3.63) is 99.1 Å². The average molecular weight is 622 g/mol. The van der Waals surface area contributed by atoms with E-state index >= 15 is 0 Å². The lowest BCUT2D eigenvalue weighted by molar-refractivity contribution is -0.143. The zero-order valence-corrected chi connectivity index (χ0v) is 23.5. The molecule has 3 aromatic carbocycles. The first-order valence-electron chi connectivity index (χ1n) is 13.9. The van der Waals surface area contributed by atoms with Gasteiger partial charge in [-0.25, -0.2) is 0 Å². The van der Waals surface area contributed by atoms with Gasteiger partial charge in [0.1, 0.15) is 5.75 Å². The van der Waals surface area contributed by atoms with Crippen LogP contribution in [0.15, 0.2) is 54.6 Å². The maximum absolute atomic E-state index is 13.3. The van der Waals surface area contributed by atoms with Crippen LogP contribution in [0.25, 0.3) is 0 Å². The molecule has 0 fully saturated rings. The Hall–Kier alpha value is -4.10. The van der Waals surface area contributed by atoms with Gasteiger partial charge in [-0.05, 0) is 65.9 Å². The van der Waals surface area contributed by atoms with E-state index in [0.29, 0.717) is 30.7 Å². The Balaban J connectivity index is 1.32. The van der Waals surface area contributed by atoms with Gasteiger partial charge >= 0.3 is 12.4 Å². The fraction of sp³-hybridized carbons (Fsp3) is 0.355. The van der Waals surface area contributed by atoms with Crippen LogP contribution in [0.4, 0.5) is 26.3 Å². The summed E-state index contributed by atoms with van der Waals surface area (Å²) in [7, 11) is 0. The van der Waals surface area contributed by atoms with Gasteiger partial charge in [-0.15, -0.1) is 0 Å². The third kappa shape index (κ3) is 6.68. The van der Waals surface area contributed by atoms with Gasteiger partial charge in [0.05, 0.1) is 29.4 Å². The molecule has 234 valence electrons. The number of ether oxygens (including phenoxy) is 1. The Kier molecular flexibility index (Phi) is 8.63. The lowest BCUT2D eigenvalue weighted by Gasteiger charge is -2.30. The minimum atomic E-state index is -5.02. The smallest absolute Gasteiger partial charge is 0.416 e. The molecule has 2 aliphatic rings. The number of alkyl halides is 6. The van der Waals surface area contributed by atoms with E-state index in [9.17, 15) is 41.0 Å². The number of carbonyl (C=O) groups is 2. The Morgan fingerprint density at radius 2 is 1.68 bits per heavy atom. The van der Waals surface area contributed by atoms with Gasteiger partial charge in [-0.1, -0.05) is 24.3 Å². The normalized spacial score (nSPS) is 17.2. The maximum atomic E-state index is 13.3. The molecule has 5 rings (SSSR count). The molecule has 0 radical (unpaired) electrons. The number of aliphatic hydroxyl groups excluding tert-OH is 1. The van der Waals surface area contributed by atoms with Gasteiger partial charge in [0.2, 0.25) is 0 Å². The van der Waals surface area contributed by atoms with Gasteiger partial charge in [-0.2, -0.15) is 26.3 Å². The van der Waals surface area contributed by atoms with E-state index in [0.717, 1.165) is 16.0 Å². The second kappa shape index (κ2) is 12.1. The summed E-state index contributed by atoms with van der Waals surface area (Å²) in [5.41, 5.74) is -0.490. The number of benzene rings is 3. The van der Waals surface area contributed by atoms with Crippen LogP contribution >= 0.6 is 0 Å². The van der Waals surface area contributed by atoms with Crippen molar-refractivity contribution >= 4 is 11.8 Å². The molecule has 0 bridgehead atoms. The summed E-state index contributed by atoms with van der Waals surface area (Å²) in [5.74, 6) is -1.13. The number of hydrogen-bond acceptors (Lipinski definition) is 5. The van der Waals surface area contributed by atoms with Crippen molar-refractivity contribution in [2.24, 2.45) is 0 Å². The Morgan fingerprint density at radius 1 is 1.02 bits per heavy atom. The number of amides is 2. The minimum Gasteiger partial charge on any atom is -0.493 e. The minimum absolute atomic E-state index is 0.0312. The zero-order chi connectivity index (χ0) is 31.8. The van der Waals surface area contributed by atoms with E-state index < -0.39 is 47.9 Å². The summed E-state index contributed by atoms with van der Waals surface area (Å²) in [6, 6.07) is 11.5. The molecule has 0 spiro atoms. The molecule has 44 heavy (non-hydrogen) atoms. The number of aliphatic hydroxyl groups is 1. The Labute approximate surface area is 248 Å². The molecule has 2 aliphatic heterocycles. The molecule has 0 aliphatic carbocycles. The van der Waals surface area contributed by atoms with Gasteiger partial charge < -0.3 is 25.4 Å². The molecule has 13 heteroatoms. The average Bonchev–Trinajstić information content (AvgIpc) is 3.27. The van der Waals surface area contributed by atoms with Crippen molar-refractivity contribution < 1.29 is 45.8 Å². The second-order valence-electron chi connectivity index (χ2n) is 10.8. The number of nitrogens with zero attached hydrogens (tertiary/aromatic N) is 1. The summed E-state index contributed by atoms with van der Waals surface area (Å²) in [6.07, 6.45) is -10.4. The number of nitrogens with one attached hydrogen (secondary N) is 2. The first-order chi connectivity index (χ1) is 20.7. The van der Waals surface area contributed by atoms with Crippen LogP contribution in [-0.2, 0) is 38.4 Å². The second-order valence-corrected chi connectivity index (χ2v) is 10.8. The van der Waals surface area contributed by atoms with Crippen molar-refractivity contribution in [2.45, 2.75) is 57.5 Å². The highest BCUT2D eigenvalue weighted by atomic mass is 19.4. The van der Waals surface area contributed by atoms with Crippen LogP contribution in [-0.4, -0.2) is 47.1 Å². The summed E-state index contributed by atoms with van der Waals surface area (Å²) in [4.78, 5) is 27.5. The molecule has 7 nitrogen and oxygen atoms in total. The van der Waals surface area contributed by atoms with Gasteiger partial charge in [0.15, 0.2) is 0 Å². The molecule has 0 saturated carbocycles. The van der Waals surface area contributed by atoms with E-state index in [2.05, 4.69) is 10.6 Å². The molecule has 0 saturated heterocycles. The van der Waals surface area contributed by atoms with Crippen molar-refractivity contribution in [1.82, 2.24) is 15.5 Å². The van der Waals surface area contributed by atoms with Crippen molar-refractivity contribution in [3.8, 4) is 5.75 Å². The molecule has 0 aromatic heterocycles. The molecule has 2 heterocycles. The third-order valence-electron chi connectivity index (χ3n) is 7.70. The largest absolute Gasteiger partial charge is 0.493 e. The summed E-state index contributed by atoms with van der Waals surface area (Å²) >= 11 is 0. The van der Waals surface area contributed by atoms with E-state index in [-0.39, 0.29) is 54.2 Å². The van der Waals surface area contributed by atoms with Crippen LogP contribution in [0.1, 0.15) is 61.0 Å². The predicted octanol–water partition coefficient (Wildman–Crippen LogP) is 5.08. The predicted molar refractivity (Wildman–Crippen MR) is 147 cm³/mol. The lowest BCUT2D eigenvalue weighted by Crippen LogP contribution is -2.49. The standard InChI is InChI=1S/C31H29F6N3O4/c1-2-44-27-12-23-20(9-24(27)28(42)39-14-26(41)25-10-18-5-3-4-6-19(18)13-38-25)16-40(29(23)43)15-17-7-21(30(32,33)34)11-22(8-17)31(35,36)37/h3-9,11-12,25-26,38,41H,2,10,13-16H2,1H3,(H,39,42)/t25-,26+/m0/s1. The third-order valence-corrected chi connectivity index (χ3v) is 7.70. The highest BCUT2D eigenvalue weighted by Gasteiger charge is 2.38. The quantitative estimate of drug-likeness (QED) is 0.305. The van der Waals surface area contributed by atoms with Crippen LogP contribution in [0, 0.1) is 0 Å². The van der Waals surface area contributed by atoms with E-state index in [1.807, 2.05) is 24.3 Å². The first-order valence-corrected chi connectivity index (χ1v) is 13.9. The van der Waals surface area contributed by atoms with E-state index in [1.54, 1.807) is 6.92 Å². The summed E-state index contributed by atoms with van der Waals surface area (Å²) in [5, 5.41) is 16.7. The van der Waals surface area contributed by atoms with Crippen molar-refractivity contribution in [3.63, 3.8) is 0 Å². The van der Waals surface area contributed by atoms with Crippen LogP contribution < -0.4 is 15.4 Å². The number of carbonyl (C=O) groups excluding carboxylic acids is 2. The zero-order valence-electron chi connectivity index (χ0n) is 23.5. The van der Waals surface area contributed by atoms with Gasteiger partial charge in [0.25, 0.3) is 11.8 Å². The maximum Gasteiger partial charge on any atom is 0.416 e. The topological polar surface area (TPSA) is 90.9 Å². The van der Waals surface area contributed by atoms with Gasteiger partial charge in [0, 0.05) is 37.8 Å². The van der Waals surface area contributed by atoms with Gasteiger partial charge in [-0.3, -0.25) is 9.59 Å². The Morgan fingerprint density at radius 3 is 2.32 bits per heavy atom. The Bertz CT molecular complexity index is 1540. The molecular weight excluding hydrogens is 592 g/mol. The number of fused-ring (bicyclic) bond motifs is 2. The van der Waals surface area contributed by atoms with E-state index in [1.165, 1.54) is 12.1 Å². The van der Waals surface area contributed by atoms with Crippen molar-refractivity contribution in [2.75, 3.05) is 13.2 Å². The molecule has 2 atom stereocenters. The number of halogens is 6. The van der Waals surface area contributed by atoms with Crippen LogP contribution in [0.2, 0.25) is 0 Å². The first kappa shape index (κ1) is 31.3. The van der Waals surface area contributed by atoms with Crippen molar-refractivity contribution in [1.29, 1.82) is 0 Å². The van der Waals surface area contributed by atoms with Crippen LogP contribution in [0.3, 0.4) is 0 Å². The number of hydrogen-bond donors (Lipinski definition) is 3. The monoisotopic (exact) mass is 621 g/mol. The summed E-state index contributed by atoms with van der Waals surface area (Å²) < 4.78 is 85.6. The molecule has 2 amide bonds. The molecular formula is C31H29F6N3O4. The fourth-order valence-corrected chi connectivity index (χ4v) is 5.50. The number of rotatable bonds is 8. The summed E-state index contributed by atoms with van der Waals surface area (Å²) in [6.45, 7) is 1.65. The van der Waals surface area contributed by atoms with E-state index in [4.69, 9.17) is 4.74 Å². The molecule has 0 unspecified atom stereocenters. The molecule has 3 aromatic rings. The lowest BCUT2D eigenvalue weighted by atomic mass is 9.93. The SMILES string of the molecule is CCOc1cc2c(cc1C(=O)NC[C@@H](O)[C@@H]1Cc3ccccc3CN1)CN(Cc1cc(C(F)(F)F)cc(C(F)(F)F)c1)C2=O.